The second kappa shape index (κ2) is 13.1. The Morgan fingerprint density at radius 3 is 2.58 bits per heavy atom. The number of non-ortho nitro benzene ring substituents is 1. The largest absolute Gasteiger partial charge is 0.507 e. The van der Waals surface area contributed by atoms with Crippen molar-refractivity contribution in [1.82, 2.24) is 10.2 Å². The first kappa shape index (κ1) is 30.5. The fraction of sp³-hybridized carbons (Fsp3) is 0.172. The van der Waals surface area contributed by atoms with Crippen LogP contribution in [0.15, 0.2) is 76.6 Å². The Hall–Kier alpha value is -3.97. The van der Waals surface area contributed by atoms with Gasteiger partial charge in [0.05, 0.1) is 23.1 Å². The summed E-state index contributed by atoms with van der Waals surface area (Å²) >= 11 is 14.7. The van der Waals surface area contributed by atoms with Crippen LogP contribution in [0.1, 0.15) is 36.1 Å². The van der Waals surface area contributed by atoms with E-state index in [0.29, 0.717) is 32.5 Å². The summed E-state index contributed by atoms with van der Waals surface area (Å²) in [5, 5.41) is 32.4. The second-order valence-corrected chi connectivity index (χ2v) is 12.3. The third-order valence-electron chi connectivity index (χ3n) is 6.41. The number of aliphatic hydroxyl groups is 1. The van der Waals surface area contributed by atoms with E-state index in [1.165, 1.54) is 30.0 Å². The van der Waals surface area contributed by atoms with Gasteiger partial charge in [0, 0.05) is 33.5 Å². The number of ether oxygens (including phenoxy) is 1. The van der Waals surface area contributed by atoms with Crippen molar-refractivity contribution >= 4 is 74.6 Å². The van der Waals surface area contributed by atoms with E-state index < -0.39 is 28.4 Å². The first-order chi connectivity index (χ1) is 20.7. The molecule has 1 aliphatic heterocycles. The van der Waals surface area contributed by atoms with Crippen molar-refractivity contribution in [2.45, 2.75) is 29.5 Å². The standard InChI is InChI=1S/C29H22Cl2N4O6S2/c1-2-12-41-21-10-7-16(8-11-21)25(36)23-24(17-4-3-5-20(13-17)35(39)40)34(27(38)26(23)37)28-32-33-29(43-28)42-15-18-6-9-19(30)14-22(18)31/h3-11,13-14,24,36H,2,12,15H2,1H3/b25-23-. The molecule has 1 N–H and O–H groups in total. The smallest absolute Gasteiger partial charge is 0.301 e. The van der Waals surface area contributed by atoms with Crippen LogP contribution in [0, 0.1) is 10.1 Å². The highest BCUT2D eigenvalue weighted by Gasteiger charge is 2.48. The number of carbonyl (C=O) groups excluding carboxylic acids is 2. The molecule has 1 saturated heterocycles. The number of nitro benzene ring substituents is 1. The number of thioether (sulfide) groups is 1. The van der Waals surface area contributed by atoms with Crippen molar-refractivity contribution in [2.24, 2.45) is 0 Å². The summed E-state index contributed by atoms with van der Waals surface area (Å²) in [6.45, 7) is 2.49. The molecule has 1 fully saturated rings. The van der Waals surface area contributed by atoms with Gasteiger partial charge in [-0.3, -0.25) is 24.6 Å². The molecule has 1 atom stereocenters. The Morgan fingerprint density at radius 2 is 1.88 bits per heavy atom. The molecule has 0 saturated carbocycles. The lowest BCUT2D eigenvalue weighted by Gasteiger charge is -2.22. The number of benzene rings is 3. The Balaban J connectivity index is 1.53. The highest BCUT2D eigenvalue weighted by molar-refractivity contribution is 8.00. The molecule has 5 rings (SSSR count). The molecule has 220 valence electrons. The Morgan fingerprint density at radius 1 is 1.12 bits per heavy atom. The Kier molecular flexibility index (Phi) is 9.31. The molecule has 1 unspecified atom stereocenters. The number of nitro groups is 1. The minimum atomic E-state index is -1.20. The zero-order chi connectivity index (χ0) is 30.7. The van der Waals surface area contributed by atoms with E-state index in [4.69, 9.17) is 27.9 Å². The molecule has 0 bridgehead atoms. The van der Waals surface area contributed by atoms with Gasteiger partial charge < -0.3 is 9.84 Å². The zero-order valence-corrected chi connectivity index (χ0v) is 25.5. The number of hydrogen-bond donors (Lipinski definition) is 1. The van der Waals surface area contributed by atoms with E-state index in [-0.39, 0.29) is 27.5 Å². The highest BCUT2D eigenvalue weighted by Crippen LogP contribution is 2.45. The molecule has 0 spiro atoms. The third-order valence-corrected chi connectivity index (χ3v) is 9.10. The number of hydrogen-bond acceptors (Lipinski definition) is 10. The number of amides is 1. The number of nitrogens with zero attached hydrogens (tertiary/aromatic N) is 4. The number of aliphatic hydroxyl groups excluding tert-OH is 1. The van der Waals surface area contributed by atoms with Crippen LogP contribution in [0.25, 0.3) is 5.76 Å². The fourth-order valence-electron chi connectivity index (χ4n) is 4.37. The molecular weight excluding hydrogens is 635 g/mol. The fourth-order valence-corrected chi connectivity index (χ4v) is 6.80. The quantitative estimate of drug-likeness (QED) is 0.0351. The third kappa shape index (κ3) is 6.52. The predicted octanol–water partition coefficient (Wildman–Crippen LogP) is 7.46. The summed E-state index contributed by atoms with van der Waals surface area (Å²) in [4.78, 5) is 39.0. The average Bonchev–Trinajstić information content (AvgIpc) is 3.57. The normalized spacial score (nSPS) is 16.1. The van der Waals surface area contributed by atoms with E-state index in [1.54, 1.807) is 48.5 Å². The van der Waals surface area contributed by atoms with Gasteiger partial charge in [0.1, 0.15) is 11.5 Å². The van der Waals surface area contributed by atoms with Crippen LogP contribution in [-0.4, -0.2) is 38.5 Å². The molecule has 0 aliphatic carbocycles. The monoisotopic (exact) mass is 656 g/mol. The van der Waals surface area contributed by atoms with Crippen LogP contribution in [0.5, 0.6) is 5.75 Å². The molecular formula is C29H22Cl2N4O6S2. The van der Waals surface area contributed by atoms with E-state index in [0.717, 1.165) is 28.2 Å². The summed E-state index contributed by atoms with van der Waals surface area (Å²) in [5.41, 5.74) is 0.857. The van der Waals surface area contributed by atoms with Crippen molar-refractivity contribution in [2.75, 3.05) is 11.5 Å². The van der Waals surface area contributed by atoms with Gasteiger partial charge in [-0.05, 0) is 53.9 Å². The summed E-state index contributed by atoms with van der Waals surface area (Å²) in [6.07, 6.45) is 0.815. The van der Waals surface area contributed by atoms with Gasteiger partial charge in [0.25, 0.3) is 11.5 Å². The van der Waals surface area contributed by atoms with Gasteiger partial charge in [-0.25, -0.2) is 0 Å². The van der Waals surface area contributed by atoms with Crippen molar-refractivity contribution in [3.63, 3.8) is 0 Å². The summed E-state index contributed by atoms with van der Waals surface area (Å²) in [7, 11) is 0. The second-order valence-electron chi connectivity index (χ2n) is 9.27. The van der Waals surface area contributed by atoms with Crippen LogP contribution in [0.2, 0.25) is 10.0 Å². The van der Waals surface area contributed by atoms with E-state index in [1.807, 2.05) is 6.92 Å². The van der Waals surface area contributed by atoms with Gasteiger partial charge >= 0.3 is 5.91 Å². The van der Waals surface area contributed by atoms with Crippen LogP contribution < -0.4 is 9.64 Å². The van der Waals surface area contributed by atoms with Crippen LogP contribution in [0.3, 0.4) is 0 Å². The first-order valence-electron chi connectivity index (χ1n) is 12.9. The van der Waals surface area contributed by atoms with Crippen molar-refractivity contribution in [3.05, 3.63) is 109 Å². The topological polar surface area (TPSA) is 136 Å². The Bertz CT molecular complexity index is 1750. The number of halogens is 2. The molecule has 14 heteroatoms. The molecule has 2 heterocycles. The summed E-state index contributed by atoms with van der Waals surface area (Å²) in [5.74, 6) is -1.33. The molecule has 1 aliphatic rings. The van der Waals surface area contributed by atoms with E-state index >= 15 is 0 Å². The van der Waals surface area contributed by atoms with Gasteiger partial charge in [-0.2, -0.15) is 0 Å². The summed E-state index contributed by atoms with van der Waals surface area (Å²) < 4.78 is 6.09. The van der Waals surface area contributed by atoms with Crippen molar-refractivity contribution in [1.29, 1.82) is 0 Å². The maximum Gasteiger partial charge on any atom is 0.301 e. The number of aromatic nitrogens is 2. The first-order valence-corrected chi connectivity index (χ1v) is 15.4. The van der Waals surface area contributed by atoms with Gasteiger partial charge in [-0.15, -0.1) is 10.2 Å². The SMILES string of the molecule is CCCOc1ccc(/C(O)=C2/C(=O)C(=O)N(c3nnc(SCc4ccc(Cl)cc4Cl)s3)C2c2cccc([N+](=O)[O-])c2)cc1. The molecule has 43 heavy (non-hydrogen) atoms. The lowest BCUT2D eigenvalue weighted by molar-refractivity contribution is -0.384. The van der Waals surface area contributed by atoms with Crippen LogP contribution in [0.4, 0.5) is 10.8 Å². The van der Waals surface area contributed by atoms with E-state index in [9.17, 15) is 24.8 Å². The van der Waals surface area contributed by atoms with Crippen LogP contribution in [-0.2, 0) is 15.3 Å². The number of anilines is 1. The van der Waals surface area contributed by atoms with Gasteiger partial charge in [0.2, 0.25) is 5.13 Å². The lowest BCUT2D eigenvalue weighted by Crippen LogP contribution is -2.29. The maximum atomic E-state index is 13.5. The molecule has 4 aromatic rings. The van der Waals surface area contributed by atoms with Crippen molar-refractivity contribution in [3.8, 4) is 5.75 Å². The lowest BCUT2D eigenvalue weighted by atomic mass is 9.95. The van der Waals surface area contributed by atoms with Gasteiger partial charge in [-0.1, -0.05) is 71.4 Å². The zero-order valence-electron chi connectivity index (χ0n) is 22.4. The summed E-state index contributed by atoms with van der Waals surface area (Å²) in [6, 6.07) is 15.9. The molecule has 3 aromatic carbocycles. The number of ketones is 1. The maximum absolute atomic E-state index is 13.5. The Labute approximate surface area is 264 Å². The molecule has 0 radical (unpaired) electrons. The number of carbonyl (C=O) groups is 2. The van der Waals surface area contributed by atoms with Crippen LogP contribution >= 0.6 is 46.3 Å². The molecule has 1 aromatic heterocycles. The number of rotatable bonds is 10. The van der Waals surface area contributed by atoms with E-state index in [2.05, 4.69) is 10.2 Å². The minimum absolute atomic E-state index is 0.0886. The van der Waals surface area contributed by atoms with Gasteiger partial charge in [0.15, 0.2) is 4.34 Å². The molecule has 1 amide bonds. The predicted molar refractivity (Wildman–Crippen MR) is 166 cm³/mol. The highest BCUT2D eigenvalue weighted by atomic mass is 35.5. The van der Waals surface area contributed by atoms with Crippen molar-refractivity contribution < 1.29 is 24.4 Å². The minimum Gasteiger partial charge on any atom is -0.507 e. The molecule has 10 nitrogen and oxygen atoms in total. The number of Topliss-reactive ketones (excluding diaryl/α,β-unsaturated/α-hetero) is 1. The average molecular weight is 658 g/mol.